The number of nitrogens with zero attached hydrogens (tertiary/aromatic N) is 3. The predicted molar refractivity (Wildman–Crippen MR) is 96.3 cm³/mol. The monoisotopic (exact) mass is 348 g/mol. The number of hydrogen-bond donors (Lipinski definition) is 1. The number of anilines is 1. The normalized spacial score (nSPS) is 11.0. The van der Waals surface area contributed by atoms with Crippen LogP contribution >= 0.6 is 0 Å². The molecular weight excluding hydrogens is 334 g/mol. The Hall–Kier alpha value is -3.41. The minimum Gasteiger partial charge on any atom is -0.368 e. The Morgan fingerprint density at radius 2 is 1.58 bits per heavy atom. The number of fused-ring (bicyclic) bond motifs is 1. The molecule has 2 aromatic heterocycles. The zero-order valence-electron chi connectivity index (χ0n) is 13.7. The summed E-state index contributed by atoms with van der Waals surface area (Å²) in [5, 5.41) is 0. The molecule has 4 aromatic rings. The van der Waals surface area contributed by atoms with Crippen LogP contribution in [-0.4, -0.2) is 15.0 Å². The lowest BCUT2D eigenvalue weighted by molar-refractivity contribution is 0.613. The maximum Gasteiger partial charge on any atom is 0.220 e. The number of halogens is 2. The van der Waals surface area contributed by atoms with Gasteiger partial charge < -0.3 is 5.73 Å². The number of pyridine rings is 1. The SMILES string of the molecule is Nc1nc(Cc2ccccc2F)c2nc(-c3ccc(F)cc3)ccc2n1. The summed E-state index contributed by atoms with van der Waals surface area (Å²) in [7, 11) is 0. The molecule has 2 N–H and O–H groups in total. The molecule has 0 fully saturated rings. The number of nitrogen functional groups attached to an aromatic ring is 1. The molecule has 0 unspecified atom stereocenters. The molecular formula is C20H14F2N4. The standard InChI is InChI=1S/C20H14F2N4/c21-14-7-5-12(6-8-14)16-9-10-17-19(24-16)18(26-20(23)25-17)11-13-3-1-2-4-15(13)22/h1-10H,11H2,(H2,23,25,26). The van der Waals surface area contributed by atoms with E-state index in [1.165, 1.54) is 18.2 Å². The third-order valence-electron chi connectivity index (χ3n) is 4.09. The number of hydrogen-bond acceptors (Lipinski definition) is 4. The molecule has 6 heteroatoms. The van der Waals surface area contributed by atoms with E-state index in [1.807, 2.05) is 0 Å². The van der Waals surface area contributed by atoms with Crippen molar-refractivity contribution in [1.29, 1.82) is 0 Å². The first-order valence-corrected chi connectivity index (χ1v) is 8.02. The van der Waals surface area contributed by atoms with Crippen molar-refractivity contribution in [2.75, 3.05) is 5.73 Å². The van der Waals surface area contributed by atoms with Gasteiger partial charge in [-0.2, -0.15) is 0 Å². The van der Waals surface area contributed by atoms with Crippen molar-refractivity contribution >= 4 is 17.0 Å². The van der Waals surface area contributed by atoms with Crippen LogP contribution in [0.25, 0.3) is 22.3 Å². The molecule has 0 bridgehead atoms. The van der Waals surface area contributed by atoms with E-state index in [1.54, 1.807) is 42.5 Å². The summed E-state index contributed by atoms with van der Waals surface area (Å²) in [4.78, 5) is 13.1. The Morgan fingerprint density at radius 1 is 0.808 bits per heavy atom. The highest BCUT2D eigenvalue weighted by Gasteiger charge is 2.12. The Labute approximate surface area is 148 Å². The highest BCUT2D eigenvalue weighted by Crippen LogP contribution is 2.24. The van der Waals surface area contributed by atoms with Crippen LogP contribution in [0.15, 0.2) is 60.7 Å². The average Bonchev–Trinajstić information content (AvgIpc) is 2.64. The van der Waals surface area contributed by atoms with E-state index in [2.05, 4.69) is 15.0 Å². The minimum atomic E-state index is -0.314. The number of benzene rings is 2. The first kappa shape index (κ1) is 16.1. The van der Waals surface area contributed by atoms with Gasteiger partial charge in [0.1, 0.15) is 17.2 Å². The van der Waals surface area contributed by atoms with Crippen molar-refractivity contribution < 1.29 is 8.78 Å². The zero-order valence-corrected chi connectivity index (χ0v) is 13.7. The second-order valence-electron chi connectivity index (χ2n) is 5.87. The number of aromatic nitrogens is 3. The van der Waals surface area contributed by atoms with Crippen molar-refractivity contribution in [1.82, 2.24) is 15.0 Å². The van der Waals surface area contributed by atoms with Gasteiger partial charge in [0, 0.05) is 12.0 Å². The van der Waals surface area contributed by atoms with E-state index >= 15 is 0 Å². The van der Waals surface area contributed by atoms with Crippen molar-refractivity contribution in [3.05, 3.63) is 83.6 Å². The molecule has 4 rings (SSSR count). The highest BCUT2D eigenvalue weighted by atomic mass is 19.1. The van der Waals surface area contributed by atoms with Gasteiger partial charge in [-0.05, 0) is 48.0 Å². The number of rotatable bonds is 3. The fourth-order valence-electron chi connectivity index (χ4n) is 2.82. The number of nitrogens with two attached hydrogens (primary N) is 1. The first-order valence-electron chi connectivity index (χ1n) is 8.02. The van der Waals surface area contributed by atoms with Crippen LogP contribution in [-0.2, 0) is 6.42 Å². The topological polar surface area (TPSA) is 64.7 Å². The Balaban J connectivity index is 1.84. The minimum absolute atomic E-state index is 0.111. The van der Waals surface area contributed by atoms with Gasteiger partial charge >= 0.3 is 0 Å². The van der Waals surface area contributed by atoms with Crippen LogP contribution in [0.1, 0.15) is 11.3 Å². The Bertz CT molecular complexity index is 1090. The molecule has 0 amide bonds. The van der Waals surface area contributed by atoms with Gasteiger partial charge in [0.2, 0.25) is 5.95 Å². The molecule has 0 saturated heterocycles. The molecule has 2 aromatic carbocycles. The maximum atomic E-state index is 14.0. The molecule has 0 aliphatic rings. The average molecular weight is 348 g/mol. The summed E-state index contributed by atoms with van der Waals surface area (Å²) in [5.74, 6) is -0.515. The van der Waals surface area contributed by atoms with Gasteiger partial charge in [0.05, 0.1) is 16.9 Å². The van der Waals surface area contributed by atoms with E-state index in [9.17, 15) is 8.78 Å². The molecule has 128 valence electrons. The Kier molecular flexibility index (Phi) is 4.01. The van der Waals surface area contributed by atoms with Crippen LogP contribution in [0.4, 0.5) is 14.7 Å². The third kappa shape index (κ3) is 3.09. The predicted octanol–water partition coefficient (Wildman–Crippen LogP) is 4.14. The smallest absolute Gasteiger partial charge is 0.220 e. The maximum absolute atomic E-state index is 14.0. The summed E-state index contributed by atoms with van der Waals surface area (Å²) < 4.78 is 27.2. The van der Waals surface area contributed by atoms with Crippen LogP contribution in [0, 0.1) is 11.6 Å². The quantitative estimate of drug-likeness (QED) is 0.604. The van der Waals surface area contributed by atoms with Gasteiger partial charge in [-0.15, -0.1) is 0 Å². The Morgan fingerprint density at radius 3 is 2.35 bits per heavy atom. The van der Waals surface area contributed by atoms with Crippen LogP contribution < -0.4 is 5.73 Å². The lowest BCUT2D eigenvalue weighted by Gasteiger charge is -2.09. The summed E-state index contributed by atoms with van der Waals surface area (Å²) >= 11 is 0. The lowest BCUT2D eigenvalue weighted by Crippen LogP contribution is -2.04. The highest BCUT2D eigenvalue weighted by molar-refractivity contribution is 5.81. The third-order valence-corrected chi connectivity index (χ3v) is 4.09. The van der Waals surface area contributed by atoms with Crippen molar-refractivity contribution in [2.45, 2.75) is 6.42 Å². The van der Waals surface area contributed by atoms with Crippen LogP contribution in [0.2, 0.25) is 0 Å². The first-order chi connectivity index (χ1) is 12.6. The van der Waals surface area contributed by atoms with E-state index in [0.717, 1.165) is 5.56 Å². The molecule has 0 aliphatic heterocycles. The lowest BCUT2D eigenvalue weighted by atomic mass is 10.1. The molecule has 0 atom stereocenters. The van der Waals surface area contributed by atoms with Gasteiger partial charge in [0.25, 0.3) is 0 Å². The summed E-state index contributed by atoms with van der Waals surface area (Å²) in [6.45, 7) is 0. The summed E-state index contributed by atoms with van der Waals surface area (Å²) in [5.41, 5.74) is 9.38. The van der Waals surface area contributed by atoms with E-state index in [4.69, 9.17) is 5.73 Å². The van der Waals surface area contributed by atoms with Gasteiger partial charge in [-0.1, -0.05) is 18.2 Å². The van der Waals surface area contributed by atoms with Crippen molar-refractivity contribution in [3.63, 3.8) is 0 Å². The summed E-state index contributed by atoms with van der Waals surface area (Å²) in [6, 6.07) is 16.1. The van der Waals surface area contributed by atoms with E-state index < -0.39 is 0 Å². The molecule has 0 radical (unpaired) electrons. The molecule has 2 heterocycles. The van der Waals surface area contributed by atoms with Crippen LogP contribution in [0.5, 0.6) is 0 Å². The van der Waals surface area contributed by atoms with Crippen molar-refractivity contribution in [2.24, 2.45) is 0 Å². The largest absolute Gasteiger partial charge is 0.368 e. The van der Waals surface area contributed by atoms with Gasteiger partial charge in [-0.3, -0.25) is 0 Å². The van der Waals surface area contributed by atoms with Gasteiger partial charge in [-0.25, -0.2) is 23.7 Å². The summed E-state index contributed by atoms with van der Waals surface area (Å²) in [6.07, 6.45) is 0.246. The molecule has 0 spiro atoms. The second-order valence-corrected chi connectivity index (χ2v) is 5.87. The van der Waals surface area contributed by atoms with Crippen LogP contribution in [0.3, 0.4) is 0 Å². The zero-order chi connectivity index (χ0) is 18.1. The van der Waals surface area contributed by atoms with E-state index in [0.29, 0.717) is 28.0 Å². The molecule has 4 nitrogen and oxygen atoms in total. The fourth-order valence-corrected chi connectivity index (χ4v) is 2.82. The second kappa shape index (κ2) is 6.48. The molecule has 0 saturated carbocycles. The van der Waals surface area contributed by atoms with Gasteiger partial charge in [0.15, 0.2) is 0 Å². The fraction of sp³-hybridized carbons (Fsp3) is 0.0500. The molecule has 26 heavy (non-hydrogen) atoms. The van der Waals surface area contributed by atoms with Crippen molar-refractivity contribution in [3.8, 4) is 11.3 Å². The van der Waals surface area contributed by atoms with E-state index in [-0.39, 0.29) is 24.0 Å². The molecule has 0 aliphatic carbocycles.